The summed E-state index contributed by atoms with van der Waals surface area (Å²) in [6, 6.07) is 16.5. The molecule has 21 heavy (non-hydrogen) atoms. The summed E-state index contributed by atoms with van der Waals surface area (Å²) in [7, 11) is 0. The minimum atomic E-state index is -0.263. The van der Waals surface area contributed by atoms with E-state index >= 15 is 0 Å². The number of carbonyl (C=O) groups is 1. The maximum Gasteiger partial charge on any atom is 0.271 e. The molecule has 0 unspecified atom stereocenters. The number of nitrogens with one attached hydrogen (secondary N) is 1. The molecule has 0 aliphatic rings. The molecule has 2 aromatic carbocycles. The van der Waals surface area contributed by atoms with Crippen LogP contribution in [0.4, 0.5) is 0 Å². The molecule has 3 rings (SSSR count). The van der Waals surface area contributed by atoms with Gasteiger partial charge in [-0.25, -0.2) is 10.4 Å². The van der Waals surface area contributed by atoms with E-state index in [1.807, 2.05) is 30.3 Å². The van der Waals surface area contributed by atoms with E-state index in [0.717, 1.165) is 11.0 Å². The quantitative estimate of drug-likeness (QED) is 0.590. The first-order valence-electron chi connectivity index (χ1n) is 6.43. The Bertz CT molecular complexity index is 799. The second kappa shape index (κ2) is 5.92. The highest BCUT2D eigenvalue weighted by Gasteiger charge is 2.02. The van der Waals surface area contributed by atoms with Crippen LogP contribution >= 0.6 is 0 Å². The van der Waals surface area contributed by atoms with Gasteiger partial charge < -0.3 is 0 Å². The molecule has 1 amide bonds. The minimum Gasteiger partial charge on any atom is -0.267 e. The molecule has 1 heterocycles. The number of benzene rings is 2. The molecule has 0 radical (unpaired) electrons. The molecule has 0 atom stereocenters. The van der Waals surface area contributed by atoms with E-state index in [9.17, 15) is 4.79 Å². The average molecular weight is 276 g/mol. The van der Waals surface area contributed by atoms with Crippen molar-refractivity contribution >= 4 is 23.2 Å². The van der Waals surface area contributed by atoms with Gasteiger partial charge in [0.2, 0.25) is 0 Å². The van der Waals surface area contributed by atoms with Gasteiger partial charge in [-0.2, -0.15) is 5.10 Å². The second-order valence-electron chi connectivity index (χ2n) is 4.35. The fraction of sp³-hybridized carbons (Fsp3) is 0. The molecule has 1 aromatic heterocycles. The minimum absolute atomic E-state index is 0.263. The fourth-order valence-corrected chi connectivity index (χ4v) is 1.84. The summed E-state index contributed by atoms with van der Waals surface area (Å²) in [6.07, 6.45) is 3.08. The predicted molar refractivity (Wildman–Crippen MR) is 81.0 cm³/mol. The predicted octanol–water partition coefficient (Wildman–Crippen LogP) is 2.39. The molecule has 3 aromatic rings. The third-order valence-corrected chi connectivity index (χ3v) is 2.87. The number of fused-ring (bicyclic) bond motifs is 1. The fourth-order valence-electron chi connectivity index (χ4n) is 1.84. The van der Waals surface area contributed by atoms with Crippen molar-refractivity contribution in [2.75, 3.05) is 0 Å². The van der Waals surface area contributed by atoms with Crippen molar-refractivity contribution in [2.45, 2.75) is 0 Å². The molecule has 0 spiro atoms. The van der Waals surface area contributed by atoms with E-state index in [0.29, 0.717) is 11.3 Å². The Morgan fingerprint density at radius 2 is 1.71 bits per heavy atom. The lowest BCUT2D eigenvalue weighted by Crippen LogP contribution is -2.17. The maximum atomic E-state index is 11.8. The lowest BCUT2D eigenvalue weighted by Gasteiger charge is -1.99. The van der Waals surface area contributed by atoms with Gasteiger partial charge in [-0.15, -0.1) is 0 Å². The van der Waals surface area contributed by atoms with Gasteiger partial charge in [0.1, 0.15) is 5.69 Å². The summed E-state index contributed by atoms with van der Waals surface area (Å²) in [5.41, 5.74) is 5.21. The van der Waals surface area contributed by atoms with Crippen LogP contribution in [0.2, 0.25) is 0 Å². The Kier molecular flexibility index (Phi) is 3.64. The molecule has 0 saturated carbocycles. The van der Waals surface area contributed by atoms with Crippen molar-refractivity contribution in [1.82, 2.24) is 15.4 Å². The molecule has 0 bridgehead atoms. The normalized spacial score (nSPS) is 10.9. The third kappa shape index (κ3) is 3.09. The van der Waals surface area contributed by atoms with Crippen LogP contribution in [-0.4, -0.2) is 22.1 Å². The number of hydrogen-bond acceptors (Lipinski definition) is 4. The molecule has 5 nitrogen and oxygen atoms in total. The number of hydrazone groups is 1. The van der Waals surface area contributed by atoms with E-state index in [-0.39, 0.29) is 5.91 Å². The van der Waals surface area contributed by atoms with Gasteiger partial charge in [-0.1, -0.05) is 30.3 Å². The van der Waals surface area contributed by atoms with Gasteiger partial charge >= 0.3 is 0 Å². The second-order valence-corrected chi connectivity index (χ2v) is 4.35. The van der Waals surface area contributed by atoms with Crippen molar-refractivity contribution in [1.29, 1.82) is 0 Å². The highest BCUT2D eigenvalue weighted by atomic mass is 16.2. The van der Waals surface area contributed by atoms with Crippen LogP contribution < -0.4 is 5.43 Å². The number of hydrogen-bond donors (Lipinski definition) is 1. The van der Waals surface area contributed by atoms with Crippen LogP contribution in [0.15, 0.2) is 65.9 Å². The van der Waals surface area contributed by atoms with Crippen molar-refractivity contribution in [3.63, 3.8) is 0 Å². The Morgan fingerprint density at radius 1 is 1.00 bits per heavy atom. The molecular weight excluding hydrogens is 264 g/mol. The van der Waals surface area contributed by atoms with E-state index < -0.39 is 0 Å². The van der Waals surface area contributed by atoms with E-state index in [2.05, 4.69) is 20.5 Å². The summed E-state index contributed by atoms with van der Waals surface area (Å²) in [4.78, 5) is 20.4. The van der Waals surface area contributed by atoms with Crippen LogP contribution in [0.1, 0.15) is 16.1 Å². The zero-order valence-electron chi connectivity index (χ0n) is 11.1. The van der Waals surface area contributed by atoms with Crippen molar-refractivity contribution < 1.29 is 4.79 Å². The number of rotatable bonds is 3. The Morgan fingerprint density at radius 3 is 2.52 bits per heavy atom. The maximum absolute atomic E-state index is 11.8. The first-order valence-corrected chi connectivity index (χ1v) is 6.43. The number of nitrogens with zero attached hydrogens (tertiary/aromatic N) is 3. The molecular formula is C16H12N4O. The van der Waals surface area contributed by atoms with E-state index in [1.165, 1.54) is 6.21 Å². The summed E-state index contributed by atoms with van der Waals surface area (Å²) in [5, 5.41) is 3.90. The summed E-state index contributed by atoms with van der Waals surface area (Å²) < 4.78 is 0. The lowest BCUT2D eigenvalue weighted by atomic mass is 10.2. The molecule has 102 valence electrons. The first-order chi connectivity index (χ1) is 10.3. The number of amides is 1. The Labute approximate surface area is 121 Å². The summed E-state index contributed by atoms with van der Waals surface area (Å²) in [6.45, 7) is 0. The van der Waals surface area contributed by atoms with Gasteiger partial charge in [0.25, 0.3) is 5.91 Å². The summed E-state index contributed by atoms with van der Waals surface area (Å²) in [5.74, 6) is -0.263. The van der Waals surface area contributed by atoms with Gasteiger partial charge in [0, 0.05) is 5.56 Å². The van der Waals surface area contributed by atoms with Crippen LogP contribution in [-0.2, 0) is 0 Å². The highest BCUT2D eigenvalue weighted by molar-refractivity contribution is 5.94. The molecule has 0 aliphatic heterocycles. The zero-order chi connectivity index (χ0) is 14.5. The van der Waals surface area contributed by atoms with Gasteiger partial charge in [0.05, 0.1) is 23.4 Å². The Hall–Kier alpha value is -3.08. The molecule has 0 aliphatic carbocycles. The number of para-hydroxylation sites is 2. The monoisotopic (exact) mass is 276 g/mol. The summed E-state index contributed by atoms with van der Waals surface area (Å²) >= 11 is 0. The lowest BCUT2D eigenvalue weighted by molar-refractivity contribution is 0.0955. The van der Waals surface area contributed by atoms with Crippen LogP contribution in [0.5, 0.6) is 0 Å². The van der Waals surface area contributed by atoms with Crippen LogP contribution in [0.3, 0.4) is 0 Å². The Balaban J connectivity index is 1.71. The smallest absolute Gasteiger partial charge is 0.267 e. The third-order valence-electron chi connectivity index (χ3n) is 2.87. The van der Waals surface area contributed by atoms with Crippen LogP contribution in [0, 0.1) is 0 Å². The molecule has 5 heteroatoms. The first kappa shape index (κ1) is 12.9. The molecule has 0 saturated heterocycles. The number of carbonyl (C=O) groups excluding carboxylic acids is 1. The van der Waals surface area contributed by atoms with Gasteiger partial charge in [-0.05, 0) is 24.3 Å². The van der Waals surface area contributed by atoms with Gasteiger partial charge in [0.15, 0.2) is 0 Å². The van der Waals surface area contributed by atoms with Crippen molar-refractivity contribution in [2.24, 2.45) is 5.10 Å². The van der Waals surface area contributed by atoms with E-state index in [1.54, 1.807) is 30.5 Å². The van der Waals surface area contributed by atoms with Crippen molar-refractivity contribution in [3.05, 3.63) is 72.1 Å². The van der Waals surface area contributed by atoms with Crippen molar-refractivity contribution in [3.8, 4) is 0 Å². The molecule has 0 fully saturated rings. The number of aromatic nitrogens is 2. The largest absolute Gasteiger partial charge is 0.271 e. The zero-order valence-corrected chi connectivity index (χ0v) is 11.1. The molecule has 1 N–H and O–H groups in total. The standard InChI is InChI=1S/C16H12N4O/c21-16(12-6-2-1-3-7-12)20-18-11-13-10-17-14-8-4-5-9-15(14)19-13/h1-11H,(H,20,21)/b18-11+. The highest BCUT2D eigenvalue weighted by Crippen LogP contribution is 2.07. The van der Waals surface area contributed by atoms with Crippen LogP contribution in [0.25, 0.3) is 11.0 Å². The van der Waals surface area contributed by atoms with E-state index in [4.69, 9.17) is 0 Å². The topological polar surface area (TPSA) is 67.2 Å². The SMILES string of the molecule is O=C(N/N=C/c1cnc2ccccc2n1)c1ccccc1. The van der Waals surface area contributed by atoms with Gasteiger partial charge in [-0.3, -0.25) is 9.78 Å². The average Bonchev–Trinajstić information content (AvgIpc) is 2.55.